The molecule has 1 N–H and O–H groups in total. The Kier molecular flexibility index (Phi) is 6.55. The monoisotopic (exact) mass is 252 g/mol. The van der Waals surface area contributed by atoms with Gasteiger partial charge < -0.3 is 0 Å². The molecule has 1 rings (SSSR count). The number of thiophene rings is 1. The predicted octanol–water partition coefficient (Wildman–Crippen LogP) is 3.56. The maximum atomic E-state index is 11.5. The van der Waals surface area contributed by atoms with E-state index in [2.05, 4.69) is 17.5 Å². The van der Waals surface area contributed by atoms with Crippen LogP contribution in [-0.2, 0) is 4.79 Å². The minimum Gasteiger partial charge on any atom is -0.273 e. The highest BCUT2D eigenvalue weighted by Gasteiger charge is 2.01. The van der Waals surface area contributed by atoms with Crippen LogP contribution >= 0.6 is 11.3 Å². The average molecular weight is 252 g/mol. The van der Waals surface area contributed by atoms with Gasteiger partial charge in [-0.15, -0.1) is 11.3 Å². The van der Waals surface area contributed by atoms with E-state index in [0.717, 1.165) is 23.4 Å². The van der Waals surface area contributed by atoms with Crippen molar-refractivity contribution in [3.8, 4) is 0 Å². The number of hydrogen-bond donors (Lipinski definition) is 1. The normalized spacial score (nSPS) is 11.5. The predicted molar refractivity (Wildman–Crippen MR) is 73.4 cm³/mol. The molecule has 0 bridgehead atoms. The van der Waals surface area contributed by atoms with Crippen LogP contribution in [0.3, 0.4) is 0 Å². The third kappa shape index (κ3) is 5.63. The highest BCUT2D eigenvalue weighted by atomic mass is 32.1. The van der Waals surface area contributed by atoms with Crippen LogP contribution in [0.4, 0.5) is 0 Å². The van der Waals surface area contributed by atoms with Crippen molar-refractivity contribution in [1.82, 2.24) is 5.43 Å². The fourth-order valence-electron chi connectivity index (χ4n) is 1.45. The number of carbonyl (C=O) groups is 1. The average Bonchev–Trinajstić information content (AvgIpc) is 2.85. The molecule has 0 saturated carbocycles. The van der Waals surface area contributed by atoms with Crippen molar-refractivity contribution in [1.29, 1.82) is 0 Å². The molecule has 0 saturated heterocycles. The molecular formula is C13H20N2OS. The van der Waals surface area contributed by atoms with E-state index in [-0.39, 0.29) is 5.91 Å². The van der Waals surface area contributed by atoms with Gasteiger partial charge in [0.05, 0.1) is 5.71 Å². The first-order valence-corrected chi connectivity index (χ1v) is 6.99. The number of hydrogen-bond acceptors (Lipinski definition) is 3. The fraction of sp³-hybridized carbons (Fsp3) is 0.538. The summed E-state index contributed by atoms with van der Waals surface area (Å²) in [5, 5.41) is 6.09. The van der Waals surface area contributed by atoms with Gasteiger partial charge in [-0.05, 0) is 24.8 Å². The van der Waals surface area contributed by atoms with Gasteiger partial charge in [0.2, 0.25) is 5.91 Å². The molecule has 0 aliphatic carbocycles. The third-order valence-corrected chi connectivity index (χ3v) is 3.46. The van der Waals surface area contributed by atoms with Crippen molar-refractivity contribution in [3.63, 3.8) is 0 Å². The Hall–Kier alpha value is -1.16. The van der Waals surface area contributed by atoms with Crippen LogP contribution in [0.5, 0.6) is 0 Å². The highest BCUT2D eigenvalue weighted by Crippen LogP contribution is 2.09. The lowest BCUT2D eigenvalue weighted by atomic mass is 10.1. The Morgan fingerprint density at radius 3 is 2.88 bits per heavy atom. The second-order valence-electron chi connectivity index (χ2n) is 4.02. The minimum atomic E-state index is 0.0111. The lowest BCUT2D eigenvalue weighted by Crippen LogP contribution is -2.18. The molecule has 1 heterocycles. The summed E-state index contributed by atoms with van der Waals surface area (Å²) in [6.45, 7) is 4.07. The standard InChI is InChI=1S/C13H20N2OS/c1-3-4-5-6-9-13(16)15-14-11(2)12-8-7-10-17-12/h7-8,10H,3-6,9H2,1-2H3,(H,15,16). The number of unbranched alkanes of at least 4 members (excludes halogenated alkanes) is 3. The molecule has 0 fully saturated rings. The van der Waals surface area contributed by atoms with Crippen molar-refractivity contribution in [2.75, 3.05) is 0 Å². The molecule has 0 aliphatic rings. The van der Waals surface area contributed by atoms with E-state index in [0.29, 0.717) is 6.42 Å². The lowest BCUT2D eigenvalue weighted by molar-refractivity contribution is -0.121. The first kappa shape index (κ1) is 13.9. The Balaban J connectivity index is 2.25. The van der Waals surface area contributed by atoms with E-state index in [1.807, 2.05) is 24.4 Å². The molecule has 0 aromatic carbocycles. The number of nitrogens with zero attached hydrogens (tertiary/aromatic N) is 1. The molecule has 0 unspecified atom stereocenters. The second-order valence-corrected chi connectivity index (χ2v) is 4.97. The van der Waals surface area contributed by atoms with Gasteiger partial charge in [0.15, 0.2) is 0 Å². The highest BCUT2D eigenvalue weighted by molar-refractivity contribution is 7.12. The van der Waals surface area contributed by atoms with Gasteiger partial charge in [-0.3, -0.25) is 4.79 Å². The van der Waals surface area contributed by atoms with Gasteiger partial charge in [0.25, 0.3) is 0 Å². The van der Waals surface area contributed by atoms with Crippen LogP contribution in [0.1, 0.15) is 50.8 Å². The Morgan fingerprint density at radius 2 is 2.24 bits per heavy atom. The molecule has 1 aromatic rings. The zero-order valence-electron chi connectivity index (χ0n) is 10.5. The molecule has 1 amide bonds. The van der Waals surface area contributed by atoms with Gasteiger partial charge >= 0.3 is 0 Å². The van der Waals surface area contributed by atoms with Crippen molar-refractivity contribution >= 4 is 23.0 Å². The van der Waals surface area contributed by atoms with Crippen molar-refractivity contribution in [2.45, 2.75) is 46.0 Å². The van der Waals surface area contributed by atoms with Gasteiger partial charge in [-0.1, -0.05) is 32.3 Å². The summed E-state index contributed by atoms with van der Waals surface area (Å²) in [6.07, 6.45) is 5.04. The molecule has 1 aromatic heterocycles. The molecule has 0 radical (unpaired) electrons. The number of carbonyl (C=O) groups excluding carboxylic acids is 1. The zero-order chi connectivity index (χ0) is 12.5. The SMILES string of the molecule is CCCCCCC(=O)NN=C(C)c1cccs1. The summed E-state index contributed by atoms with van der Waals surface area (Å²) in [4.78, 5) is 12.6. The number of nitrogens with one attached hydrogen (secondary N) is 1. The quantitative estimate of drug-likeness (QED) is 0.450. The first-order chi connectivity index (χ1) is 8.24. The largest absolute Gasteiger partial charge is 0.273 e. The molecule has 3 nitrogen and oxygen atoms in total. The van der Waals surface area contributed by atoms with Crippen LogP contribution in [0.15, 0.2) is 22.6 Å². The number of amides is 1. The summed E-state index contributed by atoms with van der Waals surface area (Å²) in [5.74, 6) is 0.0111. The molecule has 0 atom stereocenters. The van der Waals surface area contributed by atoms with E-state index in [9.17, 15) is 4.79 Å². The Labute approximate surface area is 107 Å². The molecule has 0 spiro atoms. The third-order valence-electron chi connectivity index (χ3n) is 2.48. The summed E-state index contributed by atoms with van der Waals surface area (Å²) in [7, 11) is 0. The van der Waals surface area contributed by atoms with Gasteiger partial charge in [-0.2, -0.15) is 5.10 Å². The fourth-order valence-corrected chi connectivity index (χ4v) is 2.13. The smallest absolute Gasteiger partial charge is 0.240 e. The maximum absolute atomic E-state index is 11.5. The van der Waals surface area contributed by atoms with Crippen LogP contribution in [0.25, 0.3) is 0 Å². The van der Waals surface area contributed by atoms with Crippen LogP contribution < -0.4 is 5.43 Å². The van der Waals surface area contributed by atoms with E-state index < -0.39 is 0 Å². The van der Waals surface area contributed by atoms with E-state index >= 15 is 0 Å². The number of hydrazone groups is 1. The molecule has 17 heavy (non-hydrogen) atoms. The zero-order valence-corrected chi connectivity index (χ0v) is 11.3. The van der Waals surface area contributed by atoms with Gasteiger partial charge in [0.1, 0.15) is 0 Å². The first-order valence-electron chi connectivity index (χ1n) is 6.11. The topological polar surface area (TPSA) is 41.5 Å². The summed E-state index contributed by atoms with van der Waals surface area (Å²) >= 11 is 1.63. The van der Waals surface area contributed by atoms with Gasteiger partial charge in [0, 0.05) is 11.3 Å². The van der Waals surface area contributed by atoms with Gasteiger partial charge in [-0.25, -0.2) is 5.43 Å². The van der Waals surface area contributed by atoms with Crippen molar-refractivity contribution in [2.24, 2.45) is 5.10 Å². The van der Waals surface area contributed by atoms with Crippen LogP contribution in [-0.4, -0.2) is 11.6 Å². The number of rotatable bonds is 7. The maximum Gasteiger partial charge on any atom is 0.240 e. The summed E-state index contributed by atoms with van der Waals surface area (Å²) in [6, 6.07) is 3.97. The van der Waals surface area contributed by atoms with E-state index in [1.165, 1.54) is 12.8 Å². The lowest BCUT2D eigenvalue weighted by Gasteiger charge is -2.01. The molecular weight excluding hydrogens is 232 g/mol. The van der Waals surface area contributed by atoms with E-state index in [4.69, 9.17) is 0 Å². The molecule has 94 valence electrons. The van der Waals surface area contributed by atoms with Crippen LogP contribution in [0, 0.1) is 0 Å². The summed E-state index contributed by atoms with van der Waals surface area (Å²) < 4.78 is 0. The Bertz CT molecular complexity index is 358. The molecule has 4 heteroatoms. The summed E-state index contributed by atoms with van der Waals surface area (Å²) in [5.41, 5.74) is 3.47. The second kappa shape index (κ2) is 8.01. The Morgan fingerprint density at radius 1 is 1.41 bits per heavy atom. The van der Waals surface area contributed by atoms with Crippen molar-refractivity contribution in [3.05, 3.63) is 22.4 Å². The molecule has 0 aliphatic heterocycles. The van der Waals surface area contributed by atoms with Crippen molar-refractivity contribution < 1.29 is 4.79 Å². The van der Waals surface area contributed by atoms with E-state index in [1.54, 1.807) is 11.3 Å². The van der Waals surface area contributed by atoms with Crippen LogP contribution in [0.2, 0.25) is 0 Å². The minimum absolute atomic E-state index is 0.0111.